The number of ether oxygens (including phenoxy) is 2. The molecule has 0 saturated carbocycles. The maximum Gasteiger partial charge on any atom is 0.407 e. The van der Waals surface area contributed by atoms with Gasteiger partial charge in [0.2, 0.25) is 17.7 Å². The second-order valence-corrected chi connectivity index (χ2v) is 13.8. The van der Waals surface area contributed by atoms with Crippen LogP contribution in [0.2, 0.25) is 0 Å². The van der Waals surface area contributed by atoms with Crippen LogP contribution < -0.4 is 26.6 Å². The summed E-state index contributed by atoms with van der Waals surface area (Å²) in [6, 6.07) is 14.0. The van der Waals surface area contributed by atoms with Crippen molar-refractivity contribution in [3.63, 3.8) is 0 Å². The molecule has 0 fully saturated rings. The summed E-state index contributed by atoms with van der Waals surface area (Å²) in [6.45, 7) is 9.99. The number of nitrogens with one attached hydrogen (secondary N) is 5. The van der Waals surface area contributed by atoms with Crippen molar-refractivity contribution in [2.24, 2.45) is 10.8 Å². The normalized spacial score (nSPS) is 13.2. The lowest BCUT2D eigenvalue weighted by Gasteiger charge is -2.31. The minimum absolute atomic E-state index is 0.150. The first-order valence-corrected chi connectivity index (χ1v) is 16.3. The number of carbonyl (C=O) groups is 7. The summed E-state index contributed by atoms with van der Waals surface area (Å²) >= 11 is 0. The maximum absolute atomic E-state index is 12.8. The van der Waals surface area contributed by atoms with Gasteiger partial charge >= 0.3 is 24.1 Å². The van der Waals surface area contributed by atoms with Gasteiger partial charge in [0, 0.05) is 12.8 Å². The largest absolute Gasteiger partial charge is 0.480 e. The third-order valence-electron chi connectivity index (χ3n) is 7.38. The summed E-state index contributed by atoms with van der Waals surface area (Å²) in [6.07, 6.45) is -1.21. The van der Waals surface area contributed by atoms with Gasteiger partial charge in [-0.2, -0.15) is 0 Å². The third kappa shape index (κ3) is 16.4. The first-order valence-electron chi connectivity index (χ1n) is 16.3. The Morgan fingerprint density at radius 1 is 0.577 bits per heavy atom. The van der Waals surface area contributed by atoms with Gasteiger partial charge < -0.3 is 46.3 Å². The van der Waals surface area contributed by atoms with Crippen LogP contribution in [0.25, 0.3) is 0 Å². The lowest BCUT2D eigenvalue weighted by molar-refractivity contribution is -0.142. The fourth-order valence-electron chi connectivity index (χ4n) is 4.61. The molecule has 0 radical (unpaired) electrons. The zero-order valence-electron chi connectivity index (χ0n) is 30.8. The molecule has 0 heterocycles. The second-order valence-electron chi connectivity index (χ2n) is 13.8. The van der Waals surface area contributed by atoms with Crippen LogP contribution in [0.1, 0.15) is 52.7 Å². The Hall–Kier alpha value is -5.67. The number of hydrogen-bond acceptors (Lipinski definition) is 9. The molecule has 0 aromatic heterocycles. The molecule has 0 aliphatic carbocycles. The van der Waals surface area contributed by atoms with Crippen LogP contribution in [0.15, 0.2) is 60.7 Å². The molecule has 7 N–H and O–H groups in total. The summed E-state index contributed by atoms with van der Waals surface area (Å²) in [7, 11) is 2.38. The summed E-state index contributed by atoms with van der Waals surface area (Å²) in [4.78, 5) is 83.0. The smallest absolute Gasteiger partial charge is 0.407 e. The number of carboxylic acids is 2. The molecule has 0 bridgehead atoms. The monoisotopic (exact) mass is 729 g/mol. The van der Waals surface area contributed by atoms with Crippen molar-refractivity contribution in [1.82, 2.24) is 26.6 Å². The quantitative estimate of drug-likeness (QED) is 0.149. The lowest BCUT2D eigenvalue weighted by Crippen LogP contribution is -2.58. The van der Waals surface area contributed by atoms with Crippen LogP contribution >= 0.6 is 0 Å². The van der Waals surface area contributed by atoms with E-state index >= 15 is 0 Å². The van der Waals surface area contributed by atoms with E-state index in [1.807, 2.05) is 12.1 Å². The Labute approximate surface area is 303 Å². The molecule has 52 heavy (non-hydrogen) atoms. The highest BCUT2D eigenvalue weighted by atomic mass is 16.5. The van der Waals surface area contributed by atoms with E-state index in [1.165, 1.54) is 14.2 Å². The lowest BCUT2D eigenvalue weighted by atomic mass is 9.86. The Morgan fingerprint density at radius 2 is 0.942 bits per heavy atom. The van der Waals surface area contributed by atoms with Crippen LogP contribution in [0, 0.1) is 10.8 Å². The van der Waals surface area contributed by atoms with Crippen LogP contribution in [0.5, 0.6) is 0 Å². The standard InChI is InChI=1S/C19H27N3O6.C17H24N2O5/c1-19(2,3)15(22-18(27)28-4)17(26)21-13(16(25)20-11-14(23)24)10-12-8-6-5-7-9-12;1-17(2,3)13(19-16(23)24-4)14(20)18-12(15(21)22)10-11-8-6-5-7-9-11/h5-9,13,15H,10-11H2,1-4H3,(H,20,25)(H,21,26)(H,22,27)(H,23,24);5-9,12-13H,10H2,1-4H3,(H,18,20)(H,19,23)(H,21,22)/t13-,15+;12-,13+/m00/s1. The molecule has 0 saturated heterocycles. The Bertz CT molecular complexity index is 1510. The summed E-state index contributed by atoms with van der Waals surface area (Å²) in [5.41, 5.74) is 0.297. The Morgan fingerprint density at radius 3 is 1.27 bits per heavy atom. The molecular formula is C36H51N5O11. The summed E-state index contributed by atoms with van der Waals surface area (Å²) < 4.78 is 9.09. The highest BCUT2D eigenvalue weighted by Gasteiger charge is 2.36. The average molecular weight is 730 g/mol. The molecule has 0 unspecified atom stereocenters. The van der Waals surface area contributed by atoms with Gasteiger partial charge in [-0.15, -0.1) is 0 Å². The molecule has 0 aliphatic rings. The molecule has 0 spiro atoms. The number of rotatable bonds is 14. The van der Waals surface area contributed by atoms with Crippen molar-refractivity contribution in [3.8, 4) is 0 Å². The number of amides is 5. The molecule has 4 atom stereocenters. The van der Waals surface area contributed by atoms with Crippen LogP contribution in [-0.2, 0) is 46.3 Å². The van der Waals surface area contributed by atoms with Crippen molar-refractivity contribution in [3.05, 3.63) is 71.8 Å². The van der Waals surface area contributed by atoms with Gasteiger partial charge in [-0.1, -0.05) is 102 Å². The van der Waals surface area contributed by atoms with Crippen molar-refractivity contribution in [1.29, 1.82) is 0 Å². The Kier molecular flexibility index (Phi) is 17.8. The van der Waals surface area contributed by atoms with Crippen molar-refractivity contribution >= 4 is 41.8 Å². The van der Waals surface area contributed by atoms with E-state index in [0.717, 1.165) is 11.1 Å². The predicted octanol–water partition coefficient (Wildman–Crippen LogP) is 2.25. The minimum Gasteiger partial charge on any atom is -0.480 e. The zero-order chi connectivity index (χ0) is 39.6. The van der Waals surface area contributed by atoms with E-state index in [-0.39, 0.29) is 12.8 Å². The van der Waals surface area contributed by atoms with Crippen molar-refractivity contribution < 1.29 is 53.2 Å². The molecule has 286 valence electrons. The molecule has 5 amide bonds. The molecule has 16 heteroatoms. The van der Waals surface area contributed by atoms with Crippen LogP contribution in [0.4, 0.5) is 9.59 Å². The van der Waals surface area contributed by atoms with E-state index in [4.69, 9.17) is 5.11 Å². The fraction of sp³-hybridized carbons (Fsp3) is 0.472. The molecule has 16 nitrogen and oxygen atoms in total. The van der Waals surface area contributed by atoms with Crippen molar-refractivity contribution in [2.45, 2.75) is 78.6 Å². The number of hydrogen-bond donors (Lipinski definition) is 7. The molecule has 2 rings (SSSR count). The maximum atomic E-state index is 12.8. The van der Waals surface area contributed by atoms with E-state index in [9.17, 15) is 38.7 Å². The van der Waals surface area contributed by atoms with Gasteiger partial charge in [0.15, 0.2) is 0 Å². The number of carboxylic acid groups (broad SMARTS) is 2. The van der Waals surface area contributed by atoms with Gasteiger partial charge in [-0.05, 0) is 22.0 Å². The van der Waals surface area contributed by atoms with Gasteiger partial charge in [-0.3, -0.25) is 19.2 Å². The van der Waals surface area contributed by atoms with Crippen molar-refractivity contribution in [2.75, 3.05) is 20.8 Å². The molecular weight excluding hydrogens is 678 g/mol. The topological polar surface area (TPSA) is 239 Å². The number of carbonyl (C=O) groups excluding carboxylic acids is 5. The predicted molar refractivity (Wildman–Crippen MR) is 190 cm³/mol. The van der Waals surface area contributed by atoms with Gasteiger partial charge in [-0.25, -0.2) is 14.4 Å². The molecule has 2 aromatic carbocycles. The van der Waals surface area contributed by atoms with E-state index in [0.29, 0.717) is 0 Å². The number of benzene rings is 2. The SMILES string of the molecule is COC(=O)N[C@H](C(=O)N[C@@H](Cc1ccccc1)C(=O)NCC(=O)O)C(C)(C)C.COC(=O)N[C@H](C(=O)N[C@@H](Cc1ccccc1)C(=O)O)C(C)(C)C. The highest BCUT2D eigenvalue weighted by molar-refractivity contribution is 5.93. The van der Waals surface area contributed by atoms with Crippen LogP contribution in [0.3, 0.4) is 0 Å². The number of alkyl carbamates (subject to hydrolysis) is 2. The highest BCUT2D eigenvalue weighted by Crippen LogP contribution is 2.21. The van der Waals surface area contributed by atoms with Gasteiger partial charge in [0.1, 0.15) is 30.7 Å². The Balaban J connectivity index is 0.000000526. The van der Waals surface area contributed by atoms with Crippen LogP contribution in [-0.4, -0.2) is 97.0 Å². The minimum atomic E-state index is -1.20. The average Bonchev–Trinajstić information content (AvgIpc) is 3.07. The third-order valence-corrected chi connectivity index (χ3v) is 7.38. The summed E-state index contributed by atoms with van der Waals surface area (Å²) in [5, 5.41) is 30.4. The number of aliphatic carboxylic acids is 2. The number of methoxy groups -OCH3 is 2. The molecule has 0 aliphatic heterocycles. The first-order chi connectivity index (χ1) is 24.2. The van der Waals surface area contributed by atoms with Gasteiger partial charge in [0.25, 0.3) is 0 Å². The van der Waals surface area contributed by atoms with E-state index in [2.05, 4.69) is 36.1 Å². The van der Waals surface area contributed by atoms with E-state index < -0.39 is 83.4 Å². The van der Waals surface area contributed by atoms with Gasteiger partial charge in [0.05, 0.1) is 14.2 Å². The first kappa shape index (κ1) is 44.4. The molecule has 2 aromatic rings. The zero-order valence-corrected chi connectivity index (χ0v) is 30.8. The van der Waals surface area contributed by atoms with E-state index in [1.54, 1.807) is 90.1 Å². The second kappa shape index (κ2) is 20.9. The fourth-order valence-corrected chi connectivity index (χ4v) is 4.61. The summed E-state index contributed by atoms with van der Waals surface area (Å²) in [5.74, 6) is -4.12.